The third kappa shape index (κ3) is 3.96. The van der Waals surface area contributed by atoms with Crippen LogP contribution in [0.4, 0.5) is 5.69 Å². The van der Waals surface area contributed by atoms with E-state index in [0.29, 0.717) is 24.4 Å². The molecule has 0 aliphatic carbocycles. The number of benzene rings is 2. The first-order valence-corrected chi connectivity index (χ1v) is 8.67. The molecule has 0 atom stereocenters. The Kier molecular flexibility index (Phi) is 5.41. The van der Waals surface area contributed by atoms with Crippen LogP contribution in [-0.4, -0.2) is 43.0 Å². The molecule has 1 aliphatic rings. The minimum Gasteiger partial charge on any atom is -0.496 e. The molecule has 1 heterocycles. The van der Waals surface area contributed by atoms with Gasteiger partial charge in [0.15, 0.2) is 0 Å². The van der Waals surface area contributed by atoms with E-state index in [9.17, 15) is 9.59 Å². The number of piperidine rings is 1. The molecule has 0 unspecified atom stereocenters. The standard InChI is InChI=1S/C20H23N3O3/c1-26-18-13-16(7-8-17(18)19(21)24)22-15-9-11-23(12-10-15)20(25)14-5-3-2-4-6-14/h2-8,13,15,22H,9-12H2,1H3,(H2,21,24). The minimum atomic E-state index is -0.513. The van der Waals surface area contributed by atoms with E-state index in [2.05, 4.69) is 5.32 Å². The SMILES string of the molecule is COc1cc(NC2CCN(C(=O)c3ccccc3)CC2)ccc1C(N)=O. The first kappa shape index (κ1) is 17.8. The van der Waals surface area contributed by atoms with Gasteiger partial charge in [-0.15, -0.1) is 0 Å². The van der Waals surface area contributed by atoms with Crippen molar-refractivity contribution in [1.29, 1.82) is 0 Å². The lowest BCUT2D eigenvalue weighted by Crippen LogP contribution is -2.42. The number of methoxy groups -OCH3 is 1. The monoisotopic (exact) mass is 353 g/mol. The second kappa shape index (κ2) is 7.91. The van der Waals surface area contributed by atoms with Crippen molar-refractivity contribution in [3.05, 3.63) is 59.7 Å². The van der Waals surface area contributed by atoms with Crippen molar-refractivity contribution in [2.45, 2.75) is 18.9 Å². The second-order valence-corrected chi connectivity index (χ2v) is 6.36. The van der Waals surface area contributed by atoms with E-state index in [1.807, 2.05) is 41.3 Å². The minimum absolute atomic E-state index is 0.0801. The highest BCUT2D eigenvalue weighted by Gasteiger charge is 2.23. The molecule has 1 aliphatic heterocycles. The largest absolute Gasteiger partial charge is 0.496 e. The molecule has 3 rings (SSSR count). The summed E-state index contributed by atoms with van der Waals surface area (Å²) < 4.78 is 5.24. The molecule has 26 heavy (non-hydrogen) atoms. The molecule has 0 spiro atoms. The molecular weight excluding hydrogens is 330 g/mol. The highest BCUT2D eigenvalue weighted by molar-refractivity contribution is 5.96. The number of primary amides is 1. The van der Waals surface area contributed by atoms with Crippen LogP contribution in [0.2, 0.25) is 0 Å². The predicted octanol–water partition coefficient (Wildman–Crippen LogP) is 2.51. The average Bonchev–Trinajstić information content (AvgIpc) is 2.68. The molecule has 2 amide bonds. The molecule has 1 saturated heterocycles. The Labute approximate surface area is 152 Å². The third-order valence-corrected chi connectivity index (χ3v) is 4.64. The number of carbonyl (C=O) groups is 2. The molecule has 0 bridgehead atoms. The van der Waals surface area contributed by atoms with E-state index in [-0.39, 0.29) is 11.9 Å². The molecule has 0 aromatic heterocycles. The number of rotatable bonds is 5. The quantitative estimate of drug-likeness (QED) is 0.865. The molecule has 0 saturated carbocycles. The summed E-state index contributed by atoms with van der Waals surface area (Å²) in [4.78, 5) is 25.8. The zero-order chi connectivity index (χ0) is 18.5. The van der Waals surface area contributed by atoms with Crippen LogP contribution < -0.4 is 15.8 Å². The van der Waals surface area contributed by atoms with Crippen molar-refractivity contribution in [2.24, 2.45) is 5.73 Å². The number of ether oxygens (including phenoxy) is 1. The van der Waals surface area contributed by atoms with E-state index in [1.165, 1.54) is 7.11 Å². The summed E-state index contributed by atoms with van der Waals surface area (Å²) in [5.74, 6) is 0.0249. The lowest BCUT2D eigenvalue weighted by atomic mass is 10.0. The third-order valence-electron chi connectivity index (χ3n) is 4.64. The van der Waals surface area contributed by atoms with Crippen LogP contribution in [0.5, 0.6) is 5.75 Å². The van der Waals surface area contributed by atoms with Gasteiger partial charge >= 0.3 is 0 Å². The smallest absolute Gasteiger partial charge is 0.253 e. The Hall–Kier alpha value is -3.02. The second-order valence-electron chi connectivity index (χ2n) is 6.36. The Morgan fingerprint density at radius 2 is 1.81 bits per heavy atom. The van der Waals surface area contributed by atoms with Gasteiger partial charge < -0.3 is 20.7 Å². The first-order valence-electron chi connectivity index (χ1n) is 8.67. The van der Waals surface area contributed by atoms with Gasteiger partial charge in [0, 0.05) is 36.4 Å². The number of nitrogens with one attached hydrogen (secondary N) is 1. The van der Waals surface area contributed by atoms with Gasteiger partial charge in [-0.3, -0.25) is 9.59 Å². The number of nitrogens with two attached hydrogens (primary N) is 1. The Morgan fingerprint density at radius 3 is 2.42 bits per heavy atom. The Morgan fingerprint density at radius 1 is 1.12 bits per heavy atom. The summed E-state index contributed by atoms with van der Waals surface area (Å²) >= 11 is 0. The van der Waals surface area contributed by atoms with E-state index in [0.717, 1.165) is 24.1 Å². The zero-order valence-electron chi connectivity index (χ0n) is 14.8. The molecule has 1 fully saturated rings. The van der Waals surface area contributed by atoms with Gasteiger partial charge in [-0.2, -0.15) is 0 Å². The van der Waals surface area contributed by atoms with Crippen LogP contribution >= 0.6 is 0 Å². The molecule has 2 aromatic carbocycles. The van der Waals surface area contributed by atoms with Gasteiger partial charge in [0.1, 0.15) is 5.75 Å². The summed E-state index contributed by atoms with van der Waals surface area (Å²) in [6.45, 7) is 1.42. The average molecular weight is 353 g/mol. The van der Waals surface area contributed by atoms with Gasteiger partial charge in [0.25, 0.3) is 11.8 Å². The number of hydrogen-bond acceptors (Lipinski definition) is 4. The molecule has 6 heteroatoms. The zero-order valence-corrected chi connectivity index (χ0v) is 14.8. The van der Waals surface area contributed by atoms with Crippen LogP contribution in [0.25, 0.3) is 0 Å². The number of amides is 2. The van der Waals surface area contributed by atoms with Crippen molar-refractivity contribution in [3.63, 3.8) is 0 Å². The topological polar surface area (TPSA) is 84.7 Å². The van der Waals surface area contributed by atoms with Gasteiger partial charge in [0.2, 0.25) is 0 Å². The van der Waals surface area contributed by atoms with Crippen molar-refractivity contribution >= 4 is 17.5 Å². The summed E-state index contributed by atoms with van der Waals surface area (Å²) in [6, 6.07) is 14.9. The number of anilines is 1. The normalized spacial score (nSPS) is 14.7. The number of likely N-dealkylation sites (tertiary alicyclic amines) is 1. The van der Waals surface area contributed by atoms with E-state index >= 15 is 0 Å². The Bertz CT molecular complexity index is 784. The highest BCUT2D eigenvalue weighted by atomic mass is 16.5. The summed E-state index contributed by atoms with van der Waals surface area (Å²) in [5.41, 5.74) is 7.30. The van der Waals surface area contributed by atoms with Crippen LogP contribution in [-0.2, 0) is 0 Å². The lowest BCUT2D eigenvalue weighted by molar-refractivity contribution is 0.0718. The van der Waals surface area contributed by atoms with Gasteiger partial charge in [-0.25, -0.2) is 0 Å². The lowest BCUT2D eigenvalue weighted by Gasteiger charge is -2.33. The molecule has 6 nitrogen and oxygen atoms in total. The van der Waals surface area contributed by atoms with Crippen LogP contribution in [0.3, 0.4) is 0 Å². The molecule has 2 aromatic rings. The van der Waals surface area contributed by atoms with Crippen molar-refractivity contribution in [2.75, 3.05) is 25.5 Å². The molecule has 0 radical (unpaired) electrons. The van der Waals surface area contributed by atoms with Crippen LogP contribution in [0, 0.1) is 0 Å². The molecular formula is C20H23N3O3. The number of carbonyl (C=O) groups excluding carboxylic acids is 2. The van der Waals surface area contributed by atoms with E-state index in [4.69, 9.17) is 10.5 Å². The van der Waals surface area contributed by atoms with Crippen molar-refractivity contribution in [3.8, 4) is 5.75 Å². The van der Waals surface area contributed by atoms with Gasteiger partial charge in [-0.05, 0) is 37.1 Å². The molecule has 3 N–H and O–H groups in total. The molecule has 136 valence electrons. The number of hydrogen-bond donors (Lipinski definition) is 2. The summed E-state index contributed by atoms with van der Waals surface area (Å²) in [7, 11) is 1.51. The fourth-order valence-corrected chi connectivity index (χ4v) is 3.21. The highest BCUT2D eigenvalue weighted by Crippen LogP contribution is 2.25. The number of nitrogens with zero attached hydrogens (tertiary/aromatic N) is 1. The van der Waals surface area contributed by atoms with E-state index < -0.39 is 5.91 Å². The fourth-order valence-electron chi connectivity index (χ4n) is 3.21. The summed E-state index contributed by atoms with van der Waals surface area (Å²) in [5, 5.41) is 3.45. The maximum absolute atomic E-state index is 12.5. The van der Waals surface area contributed by atoms with E-state index in [1.54, 1.807) is 12.1 Å². The maximum atomic E-state index is 12.5. The van der Waals surface area contributed by atoms with Gasteiger partial charge in [-0.1, -0.05) is 18.2 Å². The van der Waals surface area contributed by atoms with Gasteiger partial charge in [0.05, 0.1) is 12.7 Å². The van der Waals surface area contributed by atoms with Crippen LogP contribution in [0.1, 0.15) is 33.6 Å². The Balaban J connectivity index is 1.59. The maximum Gasteiger partial charge on any atom is 0.253 e. The summed E-state index contributed by atoms with van der Waals surface area (Å²) in [6.07, 6.45) is 1.72. The van der Waals surface area contributed by atoms with Crippen molar-refractivity contribution in [1.82, 2.24) is 4.90 Å². The van der Waals surface area contributed by atoms with Crippen molar-refractivity contribution < 1.29 is 14.3 Å². The predicted molar refractivity (Wildman–Crippen MR) is 101 cm³/mol. The van der Waals surface area contributed by atoms with Crippen LogP contribution in [0.15, 0.2) is 48.5 Å². The first-order chi connectivity index (χ1) is 12.6. The fraction of sp³-hybridized carbons (Fsp3) is 0.300.